The zero-order chi connectivity index (χ0) is 20.6. The van der Waals surface area contributed by atoms with Crippen LogP contribution in [0, 0.1) is 0 Å². The number of benzene rings is 1. The second kappa shape index (κ2) is 10.2. The summed E-state index contributed by atoms with van der Waals surface area (Å²) < 4.78 is 41.5. The summed E-state index contributed by atoms with van der Waals surface area (Å²) >= 11 is 0. The van der Waals surface area contributed by atoms with Crippen molar-refractivity contribution in [3.05, 3.63) is 29.8 Å². The van der Waals surface area contributed by atoms with Gasteiger partial charge in [0.05, 0.1) is 6.54 Å². The lowest BCUT2D eigenvalue weighted by Crippen LogP contribution is -2.39. The first-order chi connectivity index (χ1) is 13.3. The van der Waals surface area contributed by atoms with Gasteiger partial charge in [-0.1, -0.05) is 24.6 Å². The molecule has 9 heteroatoms. The molecule has 1 N–H and O–H groups in total. The molecule has 0 unspecified atom stereocenters. The molecule has 1 aromatic rings. The normalized spacial score (nSPS) is 15.1. The van der Waals surface area contributed by atoms with Crippen molar-refractivity contribution in [1.82, 2.24) is 15.1 Å². The molecule has 1 aromatic carbocycles. The van der Waals surface area contributed by atoms with Crippen LogP contribution in [0.15, 0.2) is 24.3 Å². The van der Waals surface area contributed by atoms with E-state index in [-0.39, 0.29) is 23.8 Å². The minimum Gasteiger partial charge on any atom is -0.405 e. The van der Waals surface area contributed by atoms with Crippen LogP contribution in [0.1, 0.15) is 37.7 Å². The standard InChI is InChI=1S/C19H26F3N3O3/c1-24(14-15-8-4-5-9-16(15)28-19(20,21)22)18(27)23-11-7-13-25-12-6-2-3-10-17(25)26/h4-5,8-9H,2-3,6-7,10-14H2,1H3,(H,23,27). The van der Waals surface area contributed by atoms with E-state index in [1.807, 2.05) is 4.90 Å². The van der Waals surface area contributed by atoms with Gasteiger partial charge >= 0.3 is 12.4 Å². The minimum atomic E-state index is -4.79. The molecule has 1 aliphatic rings. The lowest BCUT2D eigenvalue weighted by atomic mass is 10.2. The van der Waals surface area contributed by atoms with E-state index in [1.54, 1.807) is 6.07 Å². The maximum atomic E-state index is 12.5. The Morgan fingerprint density at radius 1 is 1.25 bits per heavy atom. The predicted octanol–water partition coefficient (Wildman–Crippen LogP) is 3.52. The number of halogens is 3. The molecular weight excluding hydrogens is 375 g/mol. The zero-order valence-electron chi connectivity index (χ0n) is 15.9. The summed E-state index contributed by atoms with van der Waals surface area (Å²) in [6, 6.07) is 5.32. The van der Waals surface area contributed by atoms with E-state index in [0.29, 0.717) is 25.9 Å². The van der Waals surface area contributed by atoms with Crippen molar-refractivity contribution in [2.75, 3.05) is 26.7 Å². The molecule has 0 spiro atoms. The molecule has 0 radical (unpaired) electrons. The topological polar surface area (TPSA) is 61.9 Å². The average molecular weight is 401 g/mol. The summed E-state index contributed by atoms with van der Waals surface area (Å²) in [6.45, 7) is 1.70. The van der Waals surface area contributed by atoms with Gasteiger partial charge in [0.1, 0.15) is 5.75 Å². The third kappa shape index (κ3) is 7.28. The van der Waals surface area contributed by atoms with E-state index in [1.165, 1.54) is 30.1 Å². The fourth-order valence-electron chi connectivity index (χ4n) is 3.06. The highest BCUT2D eigenvalue weighted by atomic mass is 19.4. The summed E-state index contributed by atoms with van der Waals surface area (Å²) in [5.41, 5.74) is 0.257. The first-order valence-electron chi connectivity index (χ1n) is 9.36. The second-order valence-electron chi connectivity index (χ2n) is 6.79. The lowest BCUT2D eigenvalue weighted by molar-refractivity contribution is -0.275. The average Bonchev–Trinajstić information content (AvgIpc) is 2.83. The molecule has 1 fully saturated rings. The molecule has 1 saturated heterocycles. The third-order valence-electron chi connectivity index (χ3n) is 4.50. The van der Waals surface area contributed by atoms with Gasteiger partial charge in [-0.3, -0.25) is 4.79 Å². The maximum absolute atomic E-state index is 12.5. The smallest absolute Gasteiger partial charge is 0.405 e. The fraction of sp³-hybridized carbons (Fsp3) is 0.579. The highest BCUT2D eigenvalue weighted by Crippen LogP contribution is 2.26. The van der Waals surface area contributed by atoms with Crippen LogP contribution in [0.25, 0.3) is 0 Å². The van der Waals surface area contributed by atoms with E-state index in [9.17, 15) is 22.8 Å². The van der Waals surface area contributed by atoms with Crippen molar-refractivity contribution in [3.63, 3.8) is 0 Å². The molecule has 3 amide bonds. The van der Waals surface area contributed by atoms with Gasteiger partial charge in [0.2, 0.25) is 5.91 Å². The number of urea groups is 1. The maximum Gasteiger partial charge on any atom is 0.573 e. The van der Waals surface area contributed by atoms with Gasteiger partial charge in [0.25, 0.3) is 0 Å². The Kier molecular flexibility index (Phi) is 7.95. The van der Waals surface area contributed by atoms with Crippen molar-refractivity contribution < 1.29 is 27.5 Å². The van der Waals surface area contributed by atoms with E-state index >= 15 is 0 Å². The quantitative estimate of drug-likeness (QED) is 0.711. The Balaban J connectivity index is 1.78. The van der Waals surface area contributed by atoms with Crippen LogP contribution in [-0.4, -0.2) is 54.8 Å². The van der Waals surface area contributed by atoms with E-state index in [0.717, 1.165) is 25.8 Å². The van der Waals surface area contributed by atoms with Gasteiger partial charge < -0.3 is 19.9 Å². The first kappa shape index (κ1) is 21.8. The van der Waals surface area contributed by atoms with Crippen LogP contribution in [0.4, 0.5) is 18.0 Å². The van der Waals surface area contributed by atoms with Crippen LogP contribution in [0.5, 0.6) is 5.75 Å². The van der Waals surface area contributed by atoms with E-state index < -0.39 is 12.4 Å². The summed E-state index contributed by atoms with van der Waals surface area (Å²) in [4.78, 5) is 27.2. The fourth-order valence-corrected chi connectivity index (χ4v) is 3.06. The van der Waals surface area contributed by atoms with Crippen molar-refractivity contribution in [3.8, 4) is 5.75 Å². The largest absolute Gasteiger partial charge is 0.573 e. The zero-order valence-corrected chi connectivity index (χ0v) is 15.9. The van der Waals surface area contributed by atoms with Crippen molar-refractivity contribution in [2.24, 2.45) is 0 Å². The van der Waals surface area contributed by atoms with Crippen LogP contribution < -0.4 is 10.1 Å². The number of ether oxygens (including phenoxy) is 1. The van der Waals surface area contributed by atoms with Gasteiger partial charge in [0.15, 0.2) is 0 Å². The van der Waals surface area contributed by atoms with Crippen LogP contribution in [-0.2, 0) is 11.3 Å². The highest BCUT2D eigenvalue weighted by molar-refractivity contribution is 5.76. The second-order valence-corrected chi connectivity index (χ2v) is 6.79. The molecule has 2 rings (SSSR count). The number of hydrogen-bond donors (Lipinski definition) is 1. The molecule has 0 aromatic heterocycles. The van der Waals surface area contributed by atoms with Gasteiger partial charge in [-0.15, -0.1) is 13.2 Å². The Hall–Kier alpha value is -2.45. The number of nitrogens with zero attached hydrogens (tertiary/aromatic N) is 2. The van der Waals surface area contributed by atoms with Crippen molar-refractivity contribution >= 4 is 11.9 Å². The minimum absolute atomic E-state index is 0.0251. The van der Waals surface area contributed by atoms with Crippen molar-refractivity contribution in [2.45, 2.75) is 45.0 Å². The number of rotatable bonds is 7. The number of amides is 3. The summed E-state index contributed by atoms with van der Waals surface area (Å²) in [7, 11) is 1.50. The number of carbonyl (C=O) groups is 2. The predicted molar refractivity (Wildman–Crippen MR) is 97.7 cm³/mol. The molecule has 0 aliphatic carbocycles. The Labute approximate surface area is 162 Å². The number of nitrogens with one attached hydrogen (secondary N) is 1. The Bertz CT molecular complexity index is 667. The molecule has 6 nitrogen and oxygen atoms in total. The lowest BCUT2D eigenvalue weighted by Gasteiger charge is -2.22. The molecular formula is C19H26F3N3O3. The van der Waals surface area contributed by atoms with E-state index in [2.05, 4.69) is 10.1 Å². The summed E-state index contributed by atoms with van der Waals surface area (Å²) in [6.07, 6.45) is -0.602. The molecule has 156 valence electrons. The van der Waals surface area contributed by atoms with Gasteiger partial charge in [0, 0.05) is 38.7 Å². The monoisotopic (exact) mass is 401 g/mol. The molecule has 0 atom stereocenters. The number of hydrogen-bond acceptors (Lipinski definition) is 3. The molecule has 1 heterocycles. The van der Waals surface area contributed by atoms with E-state index in [4.69, 9.17) is 0 Å². The van der Waals surface area contributed by atoms with Crippen LogP contribution >= 0.6 is 0 Å². The highest BCUT2D eigenvalue weighted by Gasteiger charge is 2.32. The third-order valence-corrected chi connectivity index (χ3v) is 4.50. The van der Waals surface area contributed by atoms with Crippen LogP contribution in [0.2, 0.25) is 0 Å². The first-order valence-corrected chi connectivity index (χ1v) is 9.36. The Morgan fingerprint density at radius 2 is 2.00 bits per heavy atom. The van der Waals surface area contributed by atoms with Crippen LogP contribution in [0.3, 0.4) is 0 Å². The number of alkyl halides is 3. The molecule has 0 saturated carbocycles. The SMILES string of the molecule is CN(Cc1ccccc1OC(F)(F)F)C(=O)NCCCN1CCCCCC1=O. The van der Waals surface area contributed by atoms with Gasteiger partial charge in [-0.2, -0.15) is 0 Å². The number of carbonyl (C=O) groups excluding carboxylic acids is 2. The molecule has 0 bridgehead atoms. The number of para-hydroxylation sites is 1. The molecule has 28 heavy (non-hydrogen) atoms. The van der Waals surface area contributed by atoms with Gasteiger partial charge in [-0.25, -0.2) is 4.79 Å². The summed E-state index contributed by atoms with van der Waals surface area (Å²) in [5.74, 6) is -0.170. The van der Waals surface area contributed by atoms with Crippen molar-refractivity contribution in [1.29, 1.82) is 0 Å². The molecule has 1 aliphatic heterocycles. The Morgan fingerprint density at radius 3 is 2.75 bits per heavy atom. The van der Waals surface area contributed by atoms with Gasteiger partial charge in [-0.05, 0) is 25.3 Å². The summed E-state index contributed by atoms with van der Waals surface area (Å²) in [5, 5.41) is 2.73. The number of likely N-dealkylation sites (tertiary alicyclic amines) is 1.